The molecule has 3 rings (SSSR count). The summed E-state index contributed by atoms with van der Waals surface area (Å²) in [5.74, 6) is -0.868. The van der Waals surface area contributed by atoms with Gasteiger partial charge in [0.2, 0.25) is 0 Å². The molecular weight excluding hydrogens is 406 g/mol. The molecule has 0 saturated carbocycles. The van der Waals surface area contributed by atoms with E-state index in [4.69, 9.17) is 16.6 Å². The molecule has 11 heteroatoms. The second-order valence-corrected chi connectivity index (χ2v) is 6.97. The van der Waals surface area contributed by atoms with Gasteiger partial charge in [-0.3, -0.25) is 14.9 Å². The highest BCUT2D eigenvalue weighted by molar-refractivity contribution is 8.26. The van der Waals surface area contributed by atoms with Crippen molar-refractivity contribution in [3.63, 3.8) is 0 Å². The lowest BCUT2D eigenvalue weighted by molar-refractivity contribution is -0.402. The topological polar surface area (TPSA) is 129 Å². The van der Waals surface area contributed by atoms with E-state index in [1.54, 1.807) is 0 Å². The van der Waals surface area contributed by atoms with E-state index in [-0.39, 0.29) is 32.4 Å². The van der Waals surface area contributed by atoms with Crippen LogP contribution in [0.4, 0.5) is 5.88 Å². The third-order valence-electron chi connectivity index (χ3n) is 3.40. The number of thioether (sulfide) groups is 1. The van der Waals surface area contributed by atoms with Gasteiger partial charge in [0.25, 0.3) is 5.91 Å². The van der Waals surface area contributed by atoms with Crippen LogP contribution in [0.25, 0.3) is 12.2 Å². The number of carbonyl (C=O) groups excluding carboxylic acids is 1. The van der Waals surface area contributed by atoms with Gasteiger partial charge in [-0.25, -0.2) is 0 Å². The summed E-state index contributed by atoms with van der Waals surface area (Å²) in [6.07, 6.45) is 5.62. The lowest BCUT2D eigenvalue weighted by atomic mass is 10.2. The average molecular weight is 417 g/mol. The molecular formula is C17H11N3O6S2. The molecule has 1 aliphatic heterocycles. The maximum absolute atomic E-state index is 12.4. The highest BCUT2D eigenvalue weighted by Gasteiger charge is 2.32. The number of rotatable bonds is 5. The highest BCUT2D eigenvalue weighted by Crippen LogP contribution is 2.34. The molecule has 0 aliphatic carbocycles. The first kappa shape index (κ1) is 19.3. The Morgan fingerprint density at radius 3 is 2.75 bits per heavy atom. The van der Waals surface area contributed by atoms with Crippen LogP contribution in [0, 0.1) is 10.1 Å². The Morgan fingerprint density at radius 2 is 2.07 bits per heavy atom. The van der Waals surface area contributed by atoms with E-state index in [0.29, 0.717) is 5.56 Å². The molecule has 28 heavy (non-hydrogen) atoms. The number of hydrogen-bond acceptors (Lipinski definition) is 9. The van der Waals surface area contributed by atoms with Crippen LogP contribution in [0.1, 0.15) is 11.3 Å². The molecule has 1 aliphatic rings. The molecule has 0 radical (unpaired) electrons. The molecule has 1 amide bonds. The van der Waals surface area contributed by atoms with Crippen LogP contribution in [0.2, 0.25) is 0 Å². The third kappa shape index (κ3) is 4.27. The van der Waals surface area contributed by atoms with Crippen molar-refractivity contribution in [2.45, 2.75) is 0 Å². The van der Waals surface area contributed by atoms with Crippen LogP contribution >= 0.6 is 24.0 Å². The highest BCUT2D eigenvalue weighted by atomic mass is 32.2. The summed E-state index contributed by atoms with van der Waals surface area (Å²) in [4.78, 5) is 22.6. The third-order valence-corrected chi connectivity index (χ3v) is 4.68. The van der Waals surface area contributed by atoms with Crippen molar-refractivity contribution in [3.05, 3.63) is 62.8 Å². The first-order chi connectivity index (χ1) is 13.3. The van der Waals surface area contributed by atoms with E-state index in [2.05, 4.69) is 5.10 Å². The summed E-state index contributed by atoms with van der Waals surface area (Å²) >= 11 is 6.15. The van der Waals surface area contributed by atoms with Gasteiger partial charge in [0.1, 0.15) is 22.2 Å². The van der Waals surface area contributed by atoms with Crippen molar-refractivity contribution in [1.82, 2.24) is 5.01 Å². The number of phenols is 2. The summed E-state index contributed by atoms with van der Waals surface area (Å²) in [6, 6.07) is 6.66. The molecule has 2 heterocycles. The van der Waals surface area contributed by atoms with E-state index >= 15 is 0 Å². The second kappa shape index (κ2) is 8.06. The Bertz CT molecular complexity index is 1060. The Morgan fingerprint density at radius 1 is 1.29 bits per heavy atom. The number of amides is 1. The van der Waals surface area contributed by atoms with E-state index < -0.39 is 10.8 Å². The number of nitrogens with zero attached hydrogens (tertiary/aromatic N) is 3. The van der Waals surface area contributed by atoms with Crippen LogP contribution < -0.4 is 0 Å². The normalized spacial score (nSPS) is 16.1. The van der Waals surface area contributed by atoms with Gasteiger partial charge in [-0.2, -0.15) is 10.1 Å². The molecule has 0 unspecified atom stereocenters. The van der Waals surface area contributed by atoms with Crippen molar-refractivity contribution in [2.75, 3.05) is 0 Å². The summed E-state index contributed by atoms with van der Waals surface area (Å²) in [7, 11) is 0. The van der Waals surface area contributed by atoms with Crippen molar-refractivity contribution in [3.8, 4) is 11.5 Å². The lowest BCUT2D eigenvalue weighted by Gasteiger charge is -2.05. The Balaban J connectivity index is 1.71. The summed E-state index contributed by atoms with van der Waals surface area (Å²) in [6.45, 7) is 0. The first-order valence-corrected chi connectivity index (χ1v) is 8.82. The average Bonchev–Trinajstić information content (AvgIpc) is 3.21. The van der Waals surface area contributed by atoms with Crippen LogP contribution in [0.3, 0.4) is 0 Å². The SMILES string of the molecule is O=C1/C(=C\c2ccc(O)cc2O)SC(=S)N1/N=C/C=C/c1ccc([N+](=O)[O-])o1. The fraction of sp³-hybridized carbons (Fsp3) is 0. The number of hydrazone groups is 1. The van der Waals surface area contributed by atoms with Gasteiger partial charge in [0.15, 0.2) is 4.32 Å². The number of aromatic hydroxyl groups is 2. The van der Waals surface area contributed by atoms with Crippen LogP contribution in [-0.4, -0.2) is 36.6 Å². The van der Waals surface area contributed by atoms with Crippen LogP contribution in [0.5, 0.6) is 11.5 Å². The zero-order valence-electron chi connectivity index (χ0n) is 13.9. The number of carbonyl (C=O) groups is 1. The maximum atomic E-state index is 12.4. The molecule has 2 N–H and O–H groups in total. The minimum absolute atomic E-state index is 0.0968. The van der Waals surface area contributed by atoms with Gasteiger partial charge in [-0.05, 0) is 48.6 Å². The molecule has 0 spiro atoms. The number of allylic oxidation sites excluding steroid dienone is 1. The molecule has 1 saturated heterocycles. The molecule has 0 bridgehead atoms. The number of furan rings is 1. The Labute approximate surface area is 167 Å². The number of benzene rings is 1. The molecule has 142 valence electrons. The largest absolute Gasteiger partial charge is 0.508 e. The molecule has 1 fully saturated rings. The summed E-state index contributed by atoms with van der Waals surface area (Å²) in [5.41, 5.74) is 0.349. The quantitative estimate of drug-likeness (QED) is 0.249. The molecule has 1 aromatic carbocycles. The number of nitro groups is 1. The zero-order chi connectivity index (χ0) is 20.3. The first-order valence-electron chi connectivity index (χ1n) is 7.60. The van der Waals surface area contributed by atoms with Crippen LogP contribution in [0.15, 0.2) is 50.8 Å². The van der Waals surface area contributed by atoms with Crippen molar-refractivity contribution >= 4 is 58.5 Å². The minimum Gasteiger partial charge on any atom is -0.508 e. The number of hydrogen-bond donors (Lipinski definition) is 2. The monoisotopic (exact) mass is 417 g/mol. The smallest absolute Gasteiger partial charge is 0.433 e. The Kier molecular flexibility index (Phi) is 5.57. The summed E-state index contributed by atoms with van der Waals surface area (Å²) < 4.78 is 5.16. The summed E-state index contributed by atoms with van der Waals surface area (Å²) in [5, 5.41) is 34.7. The van der Waals surface area contributed by atoms with E-state index in [1.165, 1.54) is 48.7 Å². The fourth-order valence-electron chi connectivity index (χ4n) is 2.13. The van der Waals surface area contributed by atoms with Gasteiger partial charge in [0.05, 0.1) is 11.0 Å². The van der Waals surface area contributed by atoms with Gasteiger partial charge >= 0.3 is 5.88 Å². The van der Waals surface area contributed by atoms with Crippen molar-refractivity contribution in [1.29, 1.82) is 0 Å². The Hall–Kier alpha value is -3.44. The van der Waals surface area contributed by atoms with Gasteiger partial charge in [0, 0.05) is 17.8 Å². The minimum atomic E-state index is -0.649. The number of thiocarbonyl (C=S) groups is 1. The standard InChI is InChI=1S/C17H11N3O6S2/c21-11-4-3-10(13(22)9-11)8-14-16(23)19(17(27)28-14)18-7-1-2-12-5-6-15(26-12)20(24)25/h1-9,21-22H/b2-1+,14-8+,18-7+. The lowest BCUT2D eigenvalue weighted by Crippen LogP contribution is -2.21. The predicted octanol–water partition coefficient (Wildman–Crippen LogP) is 3.50. The van der Waals surface area contributed by atoms with Crippen molar-refractivity contribution in [2.24, 2.45) is 5.10 Å². The molecule has 0 atom stereocenters. The molecule has 2 aromatic rings. The zero-order valence-corrected chi connectivity index (χ0v) is 15.5. The van der Waals surface area contributed by atoms with Crippen molar-refractivity contribution < 1.29 is 24.3 Å². The van der Waals surface area contributed by atoms with E-state index in [9.17, 15) is 25.1 Å². The second-order valence-electron chi connectivity index (χ2n) is 5.29. The van der Waals surface area contributed by atoms with Gasteiger partial charge < -0.3 is 14.6 Å². The van der Waals surface area contributed by atoms with Gasteiger partial charge in [-0.15, -0.1) is 0 Å². The van der Waals surface area contributed by atoms with Crippen LogP contribution in [-0.2, 0) is 4.79 Å². The molecule has 1 aromatic heterocycles. The molecule has 9 nitrogen and oxygen atoms in total. The van der Waals surface area contributed by atoms with Gasteiger partial charge in [-0.1, -0.05) is 11.8 Å². The van der Waals surface area contributed by atoms with E-state index in [0.717, 1.165) is 22.8 Å². The predicted molar refractivity (Wildman–Crippen MR) is 108 cm³/mol. The van der Waals surface area contributed by atoms with E-state index in [1.807, 2.05) is 0 Å². The fourth-order valence-corrected chi connectivity index (χ4v) is 3.29. The maximum Gasteiger partial charge on any atom is 0.433 e. The number of phenolic OH excluding ortho intramolecular Hbond substituents is 2.